The molecule has 0 aromatic heterocycles. The van der Waals surface area contributed by atoms with Gasteiger partial charge in [-0.05, 0) is 70.6 Å². The van der Waals surface area contributed by atoms with Crippen molar-refractivity contribution in [2.45, 2.75) is 148 Å². The SMILES string of the molecule is CCC=CCC=CCC=CCC=CCCCCCCC(=O)OC[C@H](COP(=O)(O)OCCN)OC(=O)CCCCCCCC=CCCCC. The summed E-state index contributed by atoms with van der Waals surface area (Å²) < 4.78 is 32.6. The van der Waals surface area contributed by atoms with Crippen LogP contribution in [0.15, 0.2) is 60.8 Å². The predicted molar refractivity (Wildman–Crippen MR) is 201 cm³/mol. The van der Waals surface area contributed by atoms with Crippen molar-refractivity contribution in [2.24, 2.45) is 5.73 Å². The number of phosphoric ester groups is 1. The van der Waals surface area contributed by atoms with Gasteiger partial charge in [-0.2, -0.15) is 0 Å². The minimum atomic E-state index is -4.38. The lowest BCUT2D eigenvalue weighted by atomic mass is 10.1. The third-order valence-electron chi connectivity index (χ3n) is 7.39. The second kappa shape index (κ2) is 35.5. The lowest BCUT2D eigenvalue weighted by molar-refractivity contribution is -0.161. The minimum absolute atomic E-state index is 0.0457. The molecule has 10 heteroatoms. The highest BCUT2D eigenvalue weighted by Crippen LogP contribution is 2.43. The van der Waals surface area contributed by atoms with E-state index in [2.05, 4.69) is 74.6 Å². The van der Waals surface area contributed by atoms with Crippen molar-refractivity contribution in [1.82, 2.24) is 0 Å². The van der Waals surface area contributed by atoms with Gasteiger partial charge in [-0.25, -0.2) is 4.57 Å². The number of unbranched alkanes of at least 4 members (excludes halogenated alkanes) is 11. The van der Waals surface area contributed by atoms with Crippen LogP contribution in [-0.4, -0.2) is 49.3 Å². The van der Waals surface area contributed by atoms with Crippen molar-refractivity contribution in [3.05, 3.63) is 60.8 Å². The van der Waals surface area contributed by atoms with Gasteiger partial charge in [0.15, 0.2) is 6.10 Å². The molecule has 0 aliphatic heterocycles. The molecule has 1 unspecified atom stereocenters. The van der Waals surface area contributed by atoms with Crippen LogP contribution in [0.4, 0.5) is 0 Å². The van der Waals surface area contributed by atoms with Gasteiger partial charge in [0.1, 0.15) is 6.61 Å². The van der Waals surface area contributed by atoms with Crippen molar-refractivity contribution in [3.8, 4) is 0 Å². The Morgan fingerprint density at radius 1 is 0.633 bits per heavy atom. The Kier molecular flexibility index (Phi) is 33.9. The van der Waals surface area contributed by atoms with Gasteiger partial charge in [0.2, 0.25) is 0 Å². The van der Waals surface area contributed by atoms with E-state index in [4.69, 9.17) is 24.3 Å². The largest absolute Gasteiger partial charge is 0.472 e. The Balaban J connectivity index is 4.28. The average molecular weight is 710 g/mol. The molecule has 0 saturated carbocycles. The third kappa shape index (κ3) is 35.3. The van der Waals surface area contributed by atoms with Gasteiger partial charge in [-0.3, -0.25) is 18.6 Å². The lowest BCUT2D eigenvalue weighted by Gasteiger charge is -2.19. The molecule has 0 bridgehead atoms. The zero-order valence-electron chi connectivity index (χ0n) is 30.7. The van der Waals surface area contributed by atoms with Gasteiger partial charge in [0.05, 0.1) is 13.2 Å². The fourth-order valence-corrected chi connectivity index (χ4v) is 5.37. The Morgan fingerprint density at radius 2 is 1.12 bits per heavy atom. The third-order valence-corrected chi connectivity index (χ3v) is 8.37. The van der Waals surface area contributed by atoms with E-state index in [9.17, 15) is 19.0 Å². The molecule has 49 heavy (non-hydrogen) atoms. The van der Waals surface area contributed by atoms with E-state index < -0.39 is 32.5 Å². The summed E-state index contributed by atoms with van der Waals surface area (Å²) in [5.41, 5.74) is 5.32. The van der Waals surface area contributed by atoms with Crippen LogP contribution in [0.2, 0.25) is 0 Å². The predicted octanol–water partition coefficient (Wildman–Crippen LogP) is 10.2. The first-order chi connectivity index (χ1) is 23.8. The van der Waals surface area contributed by atoms with Crippen molar-refractivity contribution in [2.75, 3.05) is 26.4 Å². The smallest absolute Gasteiger partial charge is 0.462 e. The normalized spacial score (nSPS) is 14.1. The molecule has 0 fully saturated rings. The van der Waals surface area contributed by atoms with Crippen LogP contribution in [0.1, 0.15) is 142 Å². The lowest BCUT2D eigenvalue weighted by Crippen LogP contribution is -2.29. The molecule has 0 amide bonds. The van der Waals surface area contributed by atoms with Crippen molar-refractivity contribution < 1.29 is 37.6 Å². The number of nitrogens with two attached hydrogens (primary N) is 1. The van der Waals surface area contributed by atoms with Gasteiger partial charge in [0, 0.05) is 19.4 Å². The molecule has 3 N–H and O–H groups in total. The first kappa shape index (κ1) is 46.7. The molecular weight excluding hydrogens is 641 g/mol. The summed E-state index contributed by atoms with van der Waals surface area (Å²) in [6, 6.07) is 0. The number of hydrogen-bond acceptors (Lipinski definition) is 8. The number of esters is 2. The number of allylic oxidation sites excluding steroid dienone is 10. The highest BCUT2D eigenvalue weighted by molar-refractivity contribution is 7.47. The molecule has 0 aromatic rings. The first-order valence-corrected chi connectivity index (χ1v) is 20.3. The van der Waals surface area contributed by atoms with Crippen molar-refractivity contribution >= 4 is 19.8 Å². The molecule has 0 aromatic carbocycles. The zero-order valence-corrected chi connectivity index (χ0v) is 31.5. The first-order valence-electron chi connectivity index (χ1n) is 18.8. The summed E-state index contributed by atoms with van der Waals surface area (Å²) >= 11 is 0. The topological polar surface area (TPSA) is 134 Å². The molecule has 9 nitrogen and oxygen atoms in total. The van der Waals surface area contributed by atoms with Gasteiger partial charge in [0.25, 0.3) is 0 Å². The highest BCUT2D eigenvalue weighted by atomic mass is 31.2. The Hall–Kier alpha value is -2.29. The Labute approximate surface area is 298 Å². The van der Waals surface area contributed by atoms with E-state index in [0.717, 1.165) is 89.9 Å². The van der Waals surface area contributed by atoms with Crippen LogP contribution in [0.5, 0.6) is 0 Å². The zero-order chi connectivity index (χ0) is 36.1. The Morgan fingerprint density at radius 3 is 1.69 bits per heavy atom. The monoisotopic (exact) mass is 709 g/mol. The highest BCUT2D eigenvalue weighted by Gasteiger charge is 2.25. The van der Waals surface area contributed by atoms with Gasteiger partial charge in [-0.1, -0.05) is 120 Å². The number of phosphoric acid groups is 1. The van der Waals surface area contributed by atoms with Crippen LogP contribution < -0.4 is 5.73 Å². The minimum Gasteiger partial charge on any atom is -0.462 e. The van der Waals surface area contributed by atoms with E-state index in [1.807, 2.05) is 0 Å². The van der Waals surface area contributed by atoms with Gasteiger partial charge >= 0.3 is 19.8 Å². The fraction of sp³-hybridized carbons (Fsp3) is 0.692. The van der Waals surface area contributed by atoms with E-state index in [-0.39, 0.29) is 32.6 Å². The second-order valence-electron chi connectivity index (χ2n) is 12.1. The standard InChI is InChI=1S/C39H68NO8P/c1-3-5-7-9-11-13-15-16-17-18-19-20-22-23-25-27-29-31-38(41)45-35-37(36-47-49(43,44)46-34-33-40)48-39(42)32-30-28-26-24-21-14-12-10-8-6-4-2/h5,7,10-13,16-17,19-20,37H,3-4,6,8-9,14-15,18,21-36,40H2,1-2H3,(H,43,44)/t37-/m1/s1. The summed E-state index contributed by atoms with van der Waals surface area (Å²) in [7, 11) is -4.38. The molecule has 0 heterocycles. The van der Waals surface area contributed by atoms with Crippen molar-refractivity contribution in [3.63, 3.8) is 0 Å². The molecule has 0 aliphatic carbocycles. The fourth-order valence-electron chi connectivity index (χ4n) is 4.60. The quantitative estimate of drug-likeness (QED) is 0.0290. The molecule has 0 radical (unpaired) electrons. The molecular formula is C39H68NO8P. The maximum atomic E-state index is 12.5. The summed E-state index contributed by atoms with van der Waals surface area (Å²) in [4.78, 5) is 34.7. The number of hydrogen-bond donors (Lipinski definition) is 2. The van der Waals surface area contributed by atoms with Crippen LogP contribution in [-0.2, 0) is 32.7 Å². The summed E-state index contributed by atoms with van der Waals surface area (Å²) in [6.45, 7) is 3.51. The molecule has 0 aliphatic rings. The van der Waals surface area contributed by atoms with Gasteiger partial charge in [-0.15, -0.1) is 0 Å². The van der Waals surface area contributed by atoms with E-state index >= 15 is 0 Å². The van der Waals surface area contributed by atoms with Crippen LogP contribution in [0.3, 0.4) is 0 Å². The maximum Gasteiger partial charge on any atom is 0.472 e. The summed E-state index contributed by atoms with van der Waals surface area (Å²) in [6.07, 6.45) is 39.7. The molecule has 0 rings (SSSR count). The van der Waals surface area contributed by atoms with E-state index in [0.29, 0.717) is 12.8 Å². The number of carbonyl (C=O) groups is 2. The molecule has 2 atom stereocenters. The van der Waals surface area contributed by atoms with E-state index in [1.165, 1.54) is 12.8 Å². The van der Waals surface area contributed by atoms with Crippen LogP contribution in [0.25, 0.3) is 0 Å². The van der Waals surface area contributed by atoms with Crippen molar-refractivity contribution in [1.29, 1.82) is 0 Å². The number of ether oxygens (including phenoxy) is 2. The molecule has 0 saturated heterocycles. The Bertz CT molecular complexity index is 992. The average Bonchev–Trinajstić information content (AvgIpc) is 3.08. The second-order valence-corrected chi connectivity index (χ2v) is 13.5. The van der Waals surface area contributed by atoms with Crippen LogP contribution in [0, 0.1) is 0 Å². The summed E-state index contributed by atoms with van der Waals surface area (Å²) in [5, 5.41) is 0. The molecule has 282 valence electrons. The maximum absolute atomic E-state index is 12.5. The van der Waals surface area contributed by atoms with Crippen LogP contribution >= 0.6 is 7.82 Å². The number of carbonyl (C=O) groups excluding carboxylic acids is 2. The van der Waals surface area contributed by atoms with E-state index in [1.54, 1.807) is 0 Å². The molecule has 0 spiro atoms. The number of rotatable bonds is 34. The summed E-state index contributed by atoms with van der Waals surface area (Å²) in [5.74, 6) is -0.876. The van der Waals surface area contributed by atoms with Gasteiger partial charge < -0.3 is 20.1 Å².